The Bertz CT molecular complexity index is 463. The van der Waals surface area contributed by atoms with Gasteiger partial charge in [0.15, 0.2) is 6.29 Å². The minimum atomic E-state index is -1.10. The van der Waals surface area contributed by atoms with E-state index in [0.29, 0.717) is 0 Å². The molecule has 160 valence electrons. The van der Waals surface area contributed by atoms with Gasteiger partial charge in [-0.2, -0.15) is 0 Å². The molecule has 0 saturated carbocycles. The van der Waals surface area contributed by atoms with Gasteiger partial charge < -0.3 is 46.1 Å². The van der Waals surface area contributed by atoms with Crippen molar-refractivity contribution in [3.63, 3.8) is 0 Å². The number of hydrogen-bond donors (Lipinski definition) is 6. The van der Waals surface area contributed by atoms with Crippen LogP contribution in [0.3, 0.4) is 0 Å². The van der Waals surface area contributed by atoms with E-state index in [1.807, 2.05) is 27.7 Å². The van der Waals surface area contributed by atoms with E-state index in [0.717, 1.165) is 0 Å². The predicted molar refractivity (Wildman–Crippen MR) is 97.5 cm³/mol. The highest BCUT2D eigenvalue weighted by atomic mass is 16.7. The van der Waals surface area contributed by atoms with Crippen molar-refractivity contribution in [1.82, 2.24) is 0 Å². The SMILES string of the molecule is CC(C)C1OC(CO)C(OC2OC(CO)C(C(C)C)C(O)C2N)C(O)C1N. The molecule has 10 unspecified atom stereocenters. The lowest BCUT2D eigenvalue weighted by Crippen LogP contribution is -2.67. The molecule has 0 aromatic carbocycles. The van der Waals surface area contributed by atoms with E-state index in [1.165, 1.54) is 0 Å². The summed E-state index contributed by atoms with van der Waals surface area (Å²) in [5.74, 6) is -0.262. The molecule has 10 atom stereocenters. The highest BCUT2D eigenvalue weighted by Crippen LogP contribution is 2.34. The molecule has 0 bridgehead atoms. The lowest BCUT2D eigenvalue weighted by Gasteiger charge is -2.49. The van der Waals surface area contributed by atoms with E-state index in [2.05, 4.69) is 0 Å². The number of ether oxygens (including phenoxy) is 3. The second-order valence-corrected chi connectivity index (χ2v) is 8.35. The third kappa shape index (κ3) is 4.63. The number of nitrogens with two attached hydrogens (primary N) is 2. The van der Waals surface area contributed by atoms with Crippen molar-refractivity contribution in [2.75, 3.05) is 13.2 Å². The van der Waals surface area contributed by atoms with Crippen LogP contribution in [0.5, 0.6) is 0 Å². The molecule has 0 aliphatic carbocycles. The van der Waals surface area contributed by atoms with Crippen molar-refractivity contribution in [2.45, 2.75) is 82.7 Å². The quantitative estimate of drug-likeness (QED) is 0.305. The molecular weight excluding hydrogens is 356 g/mol. The standard InChI is InChI=1S/C18H36N2O7/c1-7(2)11-9(5-21)26-18(13(20)14(11)23)27-17-10(6-22)25-16(8(3)4)12(19)15(17)24/h7-18,21-24H,5-6,19-20H2,1-4H3. The first kappa shape index (κ1) is 22.9. The lowest BCUT2D eigenvalue weighted by molar-refractivity contribution is -0.309. The second kappa shape index (κ2) is 9.43. The molecule has 27 heavy (non-hydrogen) atoms. The minimum absolute atomic E-state index is 0.0400. The minimum Gasteiger partial charge on any atom is -0.394 e. The van der Waals surface area contributed by atoms with E-state index in [1.54, 1.807) is 0 Å². The van der Waals surface area contributed by atoms with Crippen LogP contribution in [0, 0.1) is 17.8 Å². The van der Waals surface area contributed by atoms with Crippen LogP contribution < -0.4 is 11.5 Å². The van der Waals surface area contributed by atoms with Crippen molar-refractivity contribution < 1.29 is 34.6 Å². The summed E-state index contributed by atoms with van der Waals surface area (Å²) in [5.41, 5.74) is 12.2. The van der Waals surface area contributed by atoms with Gasteiger partial charge in [-0.05, 0) is 11.8 Å². The molecule has 0 aromatic heterocycles. The van der Waals surface area contributed by atoms with E-state index in [-0.39, 0.29) is 31.0 Å². The summed E-state index contributed by atoms with van der Waals surface area (Å²) in [6, 6.07) is -1.59. The number of aliphatic hydroxyl groups is 4. The number of rotatable bonds is 6. The molecule has 0 amide bonds. The van der Waals surface area contributed by atoms with Gasteiger partial charge in [0.25, 0.3) is 0 Å². The Morgan fingerprint density at radius 1 is 0.852 bits per heavy atom. The van der Waals surface area contributed by atoms with Crippen LogP contribution >= 0.6 is 0 Å². The summed E-state index contributed by atoms with van der Waals surface area (Å²) < 4.78 is 17.5. The van der Waals surface area contributed by atoms with Gasteiger partial charge in [0, 0.05) is 5.92 Å². The molecule has 2 aliphatic rings. The van der Waals surface area contributed by atoms with Crippen LogP contribution in [0.2, 0.25) is 0 Å². The third-order valence-corrected chi connectivity index (χ3v) is 5.73. The Balaban J connectivity index is 2.16. The summed E-state index contributed by atoms with van der Waals surface area (Å²) in [6.07, 6.45) is -6.00. The molecule has 9 heteroatoms. The summed E-state index contributed by atoms with van der Waals surface area (Å²) in [7, 11) is 0. The van der Waals surface area contributed by atoms with Gasteiger partial charge in [-0.25, -0.2) is 0 Å². The van der Waals surface area contributed by atoms with Crippen LogP contribution in [-0.4, -0.2) is 88.6 Å². The summed E-state index contributed by atoms with van der Waals surface area (Å²) in [4.78, 5) is 0. The first-order valence-electron chi connectivity index (χ1n) is 9.69. The van der Waals surface area contributed by atoms with Crippen molar-refractivity contribution in [2.24, 2.45) is 29.2 Å². The maximum atomic E-state index is 10.7. The van der Waals surface area contributed by atoms with Gasteiger partial charge >= 0.3 is 0 Å². The third-order valence-electron chi connectivity index (χ3n) is 5.73. The fourth-order valence-corrected chi connectivity index (χ4v) is 4.18. The summed E-state index contributed by atoms with van der Waals surface area (Å²) in [5, 5.41) is 40.6. The van der Waals surface area contributed by atoms with Crippen LogP contribution in [0.1, 0.15) is 27.7 Å². The molecule has 2 fully saturated rings. The number of aliphatic hydroxyl groups excluding tert-OH is 4. The Hall–Kier alpha value is -0.360. The molecule has 0 spiro atoms. The Morgan fingerprint density at radius 3 is 1.93 bits per heavy atom. The predicted octanol–water partition coefficient (Wildman–Crippen LogP) is -1.85. The molecular formula is C18H36N2O7. The normalized spacial score (nSPS) is 46.2. The monoisotopic (exact) mass is 392 g/mol. The van der Waals surface area contributed by atoms with Crippen molar-refractivity contribution in [3.05, 3.63) is 0 Å². The molecule has 2 heterocycles. The van der Waals surface area contributed by atoms with Gasteiger partial charge in [0.1, 0.15) is 18.3 Å². The molecule has 2 aliphatic heterocycles. The lowest BCUT2D eigenvalue weighted by atomic mass is 9.80. The van der Waals surface area contributed by atoms with Gasteiger partial charge in [-0.3, -0.25) is 0 Å². The van der Waals surface area contributed by atoms with Crippen molar-refractivity contribution >= 4 is 0 Å². The summed E-state index contributed by atoms with van der Waals surface area (Å²) >= 11 is 0. The van der Waals surface area contributed by atoms with E-state index >= 15 is 0 Å². The smallest absolute Gasteiger partial charge is 0.176 e. The fraction of sp³-hybridized carbons (Fsp3) is 1.00. The Morgan fingerprint density at radius 2 is 1.44 bits per heavy atom. The van der Waals surface area contributed by atoms with E-state index in [9.17, 15) is 20.4 Å². The first-order valence-corrected chi connectivity index (χ1v) is 9.69. The molecule has 9 nitrogen and oxygen atoms in total. The number of hydrogen-bond acceptors (Lipinski definition) is 9. The largest absolute Gasteiger partial charge is 0.394 e. The fourth-order valence-electron chi connectivity index (χ4n) is 4.18. The zero-order valence-electron chi connectivity index (χ0n) is 16.5. The molecule has 0 radical (unpaired) electrons. The molecule has 0 aromatic rings. The van der Waals surface area contributed by atoms with E-state index < -0.39 is 55.0 Å². The highest BCUT2D eigenvalue weighted by molar-refractivity contribution is 4.98. The first-order chi connectivity index (χ1) is 12.6. The second-order valence-electron chi connectivity index (χ2n) is 8.35. The average molecular weight is 392 g/mol. The van der Waals surface area contributed by atoms with Crippen LogP contribution in [0.4, 0.5) is 0 Å². The molecule has 2 saturated heterocycles. The van der Waals surface area contributed by atoms with Crippen LogP contribution in [-0.2, 0) is 14.2 Å². The average Bonchev–Trinajstić information content (AvgIpc) is 2.61. The molecule has 8 N–H and O–H groups in total. The Labute approximate surface area is 160 Å². The van der Waals surface area contributed by atoms with Crippen molar-refractivity contribution in [1.29, 1.82) is 0 Å². The topological polar surface area (TPSA) is 161 Å². The van der Waals surface area contributed by atoms with Gasteiger partial charge in [-0.1, -0.05) is 27.7 Å². The maximum absolute atomic E-state index is 10.7. The maximum Gasteiger partial charge on any atom is 0.176 e. The van der Waals surface area contributed by atoms with Gasteiger partial charge in [-0.15, -0.1) is 0 Å². The van der Waals surface area contributed by atoms with Gasteiger partial charge in [0.05, 0.1) is 43.6 Å². The zero-order valence-corrected chi connectivity index (χ0v) is 16.5. The van der Waals surface area contributed by atoms with Crippen LogP contribution in [0.25, 0.3) is 0 Å². The van der Waals surface area contributed by atoms with Crippen molar-refractivity contribution in [3.8, 4) is 0 Å². The summed E-state index contributed by atoms with van der Waals surface area (Å²) in [6.45, 7) is 7.00. The zero-order chi connectivity index (χ0) is 20.5. The Kier molecular flexibility index (Phi) is 8.00. The highest BCUT2D eigenvalue weighted by Gasteiger charge is 2.50. The van der Waals surface area contributed by atoms with E-state index in [4.69, 9.17) is 25.7 Å². The van der Waals surface area contributed by atoms with Crippen LogP contribution in [0.15, 0.2) is 0 Å². The van der Waals surface area contributed by atoms with Gasteiger partial charge in [0.2, 0.25) is 0 Å². The molecule has 2 rings (SSSR count).